The second kappa shape index (κ2) is 7.68. The first-order chi connectivity index (χ1) is 13.1. The Kier molecular flexibility index (Phi) is 5.11. The van der Waals surface area contributed by atoms with Crippen molar-refractivity contribution < 1.29 is 14.3 Å². The molecule has 27 heavy (non-hydrogen) atoms. The molecule has 0 saturated heterocycles. The van der Waals surface area contributed by atoms with Gasteiger partial charge in [0, 0.05) is 23.8 Å². The number of amides is 2. The molecule has 2 heterocycles. The summed E-state index contributed by atoms with van der Waals surface area (Å²) in [4.78, 5) is 32.3. The van der Waals surface area contributed by atoms with E-state index in [0.717, 1.165) is 47.6 Å². The lowest BCUT2D eigenvalue weighted by Crippen LogP contribution is -2.36. The van der Waals surface area contributed by atoms with Gasteiger partial charge < -0.3 is 15.0 Å². The van der Waals surface area contributed by atoms with E-state index in [1.165, 1.54) is 11.3 Å². The lowest BCUT2D eigenvalue weighted by atomic mass is 9.85. The van der Waals surface area contributed by atoms with Crippen LogP contribution in [0.4, 0.5) is 5.13 Å². The summed E-state index contributed by atoms with van der Waals surface area (Å²) in [6, 6.07) is 7.59. The largest absolute Gasteiger partial charge is 0.497 e. The monoisotopic (exact) mass is 385 g/mol. The lowest BCUT2D eigenvalue weighted by molar-refractivity contribution is -0.131. The topological polar surface area (TPSA) is 71.5 Å². The van der Waals surface area contributed by atoms with Crippen molar-refractivity contribution in [3.8, 4) is 5.75 Å². The molecular formula is C20H23N3O3S. The molecule has 6 nitrogen and oxygen atoms in total. The average molecular weight is 385 g/mol. The Morgan fingerprint density at radius 2 is 2.07 bits per heavy atom. The Bertz CT molecular complexity index is 843. The molecule has 0 unspecified atom stereocenters. The van der Waals surface area contributed by atoms with Crippen LogP contribution in [-0.2, 0) is 29.0 Å². The van der Waals surface area contributed by atoms with E-state index < -0.39 is 0 Å². The normalized spacial score (nSPS) is 16.4. The first kappa shape index (κ1) is 18.0. The van der Waals surface area contributed by atoms with Gasteiger partial charge in [-0.3, -0.25) is 9.59 Å². The molecule has 7 heteroatoms. The molecule has 2 aromatic rings. The average Bonchev–Trinajstić information content (AvgIpc) is 3.02. The molecule has 0 spiro atoms. The Hall–Kier alpha value is -2.41. The molecule has 0 atom stereocenters. The van der Waals surface area contributed by atoms with Crippen molar-refractivity contribution in [1.82, 2.24) is 9.88 Å². The minimum Gasteiger partial charge on any atom is -0.497 e. The number of hydrogen-bond donors (Lipinski definition) is 1. The zero-order valence-electron chi connectivity index (χ0n) is 15.4. The van der Waals surface area contributed by atoms with Crippen LogP contribution in [0.25, 0.3) is 0 Å². The van der Waals surface area contributed by atoms with Crippen molar-refractivity contribution in [2.45, 2.75) is 38.6 Å². The summed E-state index contributed by atoms with van der Waals surface area (Å²) in [5, 5.41) is 3.62. The number of fused-ring (bicyclic) bond motifs is 1. The van der Waals surface area contributed by atoms with Gasteiger partial charge >= 0.3 is 0 Å². The maximum absolute atomic E-state index is 12.7. The fraction of sp³-hybridized carbons (Fsp3) is 0.450. The van der Waals surface area contributed by atoms with Gasteiger partial charge in [0.1, 0.15) is 5.75 Å². The van der Waals surface area contributed by atoms with Gasteiger partial charge in [-0.15, -0.1) is 0 Å². The van der Waals surface area contributed by atoms with Crippen LogP contribution in [-0.4, -0.2) is 35.4 Å². The summed E-state index contributed by atoms with van der Waals surface area (Å²) in [6.45, 7) is 1.24. The summed E-state index contributed by atoms with van der Waals surface area (Å²) in [7, 11) is 1.63. The van der Waals surface area contributed by atoms with Gasteiger partial charge in [-0.2, -0.15) is 0 Å². The molecule has 1 fully saturated rings. The number of carbonyl (C=O) groups is 2. The van der Waals surface area contributed by atoms with Gasteiger partial charge in [-0.1, -0.05) is 29.9 Å². The van der Waals surface area contributed by atoms with E-state index in [4.69, 9.17) is 4.74 Å². The summed E-state index contributed by atoms with van der Waals surface area (Å²) in [5.41, 5.74) is 1.99. The Balaban J connectivity index is 1.37. The number of rotatable bonds is 5. The first-order valence-corrected chi connectivity index (χ1v) is 10.1. The highest BCUT2D eigenvalue weighted by Gasteiger charge is 2.28. The molecule has 2 amide bonds. The minimum atomic E-state index is 0.0831. The SMILES string of the molecule is COc1ccc(CC(=O)N2CCc3nc(NC(=O)C4CCC4)sc3C2)cc1. The first-order valence-electron chi connectivity index (χ1n) is 9.32. The number of nitrogens with one attached hydrogen (secondary N) is 1. The van der Waals surface area contributed by atoms with Crippen molar-refractivity contribution in [3.05, 3.63) is 40.4 Å². The van der Waals surface area contributed by atoms with Gasteiger partial charge in [0.2, 0.25) is 11.8 Å². The molecule has 1 N–H and O–H groups in total. The van der Waals surface area contributed by atoms with Crippen LogP contribution in [0.3, 0.4) is 0 Å². The number of anilines is 1. The summed E-state index contributed by atoms with van der Waals surface area (Å²) in [6.07, 6.45) is 4.20. The van der Waals surface area contributed by atoms with Crippen LogP contribution in [0.15, 0.2) is 24.3 Å². The maximum atomic E-state index is 12.7. The van der Waals surface area contributed by atoms with E-state index in [2.05, 4.69) is 10.3 Å². The summed E-state index contributed by atoms with van der Waals surface area (Å²) >= 11 is 1.49. The standard InChI is InChI=1S/C20H23N3O3S/c1-26-15-7-5-13(6-8-15)11-18(24)23-10-9-16-17(12-23)27-20(21-16)22-19(25)14-3-2-4-14/h5-8,14H,2-4,9-12H2,1H3,(H,21,22,25). The van der Waals surface area contributed by atoms with E-state index in [1.807, 2.05) is 29.2 Å². The molecule has 4 rings (SSSR count). The molecule has 1 aromatic carbocycles. The van der Waals surface area contributed by atoms with Crippen LogP contribution in [0.1, 0.15) is 35.4 Å². The highest BCUT2D eigenvalue weighted by Crippen LogP contribution is 2.31. The third kappa shape index (κ3) is 3.98. The van der Waals surface area contributed by atoms with Gasteiger partial charge in [0.15, 0.2) is 5.13 Å². The number of methoxy groups -OCH3 is 1. The van der Waals surface area contributed by atoms with E-state index in [1.54, 1.807) is 7.11 Å². The Labute approximate surface area is 162 Å². The smallest absolute Gasteiger partial charge is 0.229 e. The number of carbonyl (C=O) groups excluding carboxylic acids is 2. The Morgan fingerprint density at radius 1 is 1.30 bits per heavy atom. The highest BCUT2D eigenvalue weighted by atomic mass is 32.1. The molecule has 2 aliphatic rings. The van der Waals surface area contributed by atoms with Crippen molar-refractivity contribution in [3.63, 3.8) is 0 Å². The number of thiazole rings is 1. The van der Waals surface area contributed by atoms with Crippen LogP contribution < -0.4 is 10.1 Å². The van der Waals surface area contributed by atoms with Crippen LogP contribution in [0, 0.1) is 5.92 Å². The zero-order chi connectivity index (χ0) is 18.8. The van der Waals surface area contributed by atoms with Gasteiger partial charge in [0.05, 0.1) is 25.8 Å². The number of aromatic nitrogens is 1. The molecule has 1 saturated carbocycles. The molecule has 1 aromatic heterocycles. The Morgan fingerprint density at radius 3 is 2.74 bits per heavy atom. The predicted molar refractivity (Wildman–Crippen MR) is 104 cm³/mol. The third-order valence-electron chi connectivity index (χ3n) is 5.30. The fourth-order valence-corrected chi connectivity index (χ4v) is 4.40. The van der Waals surface area contributed by atoms with Gasteiger partial charge in [-0.05, 0) is 30.5 Å². The van der Waals surface area contributed by atoms with Gasteiger partial charge in [-0.25, -0.2) is 4.98 Å². The molecule has 1 aliphatic heterocycles. The van der Waals surface area contributed by atoms with E-state index in [9.17, 15) is 9.59 Å². The quantitative estimate of drug-likeness (QED) is 0.859. The molecule has 1 aliphatic carbocycles. The molecular weight excluding hydrogens is 362 g/mol. The van der Waals surface area contributed by atoms with E-state index >= 15 is 0 Å². The lowest BCUT2D eigenvalue weighted by Gasteiger charge is -2.26. The van der Waals surface area contributed by atoms with Crippen LogP contribution in [0.5, 0.6) is 5.75 Å². The molecule has 0 bridgehead atoms. The maximum Gasteiger partial charge on any atom is 0.229 e. The van der Waals surface area contributed by atoms with Crippen LogP contribution in [0.2, 0.25) is 0 Å². The second-order valence-corrected chi connectivity index (χ2v) is 8.18. The van der Waals surface area contributed by atoms with E-state index in [0.29, 0.717) is 24.6 Å². The number of benzene rings is 1. The minimum absolute atomic E-state index is 0.0831. The second-order valence-electron chi connectivity index (χ2n) is 7.10. The molecule has 0 radical (unpaired) electrons. The van der Waals surface area contributed by atoms with E-state index in [-0.39, 0.29) is 17.7 Å². The van der Waals surface area contributed by atoms with Crippen molar-refractivity contribution in [2.75, 3.05) is 19.0 Å². The number of ether oxygens (including phenoxy) is 1. The zero-order valence-corrected chi connectivity index (χ0v) is 16.2. The van der Waals surface area contributed by atoms with Crippen molar-refractivity contribution >= 4 is 28.3 Å². The van der Waals surface area contributed by atoms with Crippen molar-refractivity contribution in [2.24, 2.45) is 5.92 Å². The fourth-order valence-electron chi connectivity index (χ4n) is 3.37. The predicted octanol–water partition coefficient (Wildman–Crippen LogP) is 3.02. The number of nitrogens with zero attached hydrogens (tertiary/aromatic N) is 2. The molecule has 142 valence electrons. The summed E-state index contributed by atoms with van der Waals surface area (Å²) in [5.74, 6) is 1.13. The van der Waals surface area contributed by atoms with Crippen molar-refractivity contribution in [1.29, 1.82) is 0 Å². The van der Waals surface area contributed by atoms with Gasteiger partial charge in [0.25, 0.3) is 0 Å². The van der Waals surface area contributed by atoms with Crippen LogP contribution >= 0.6 is 11.3 Å². The highest BCUT2D eigenvalue weighted by molar-refractivity contribution is 7.15. The third-order valence-corrected chi connectivity index (χ3v) is 6.30. The summed E-state index contributed by atoms with van der Waals surface area (Å²) < 4.78 is 5.15. The number of hydrogen-bond acceptors (Lipinski definition) is 5.